The molecule has 0 aromatic heterocycles. The molecule has 1 heterocycles. The number of hydrogen-bond donors (Lipinski definition) is 1. The average molecular weight is 289 g/mol. The monoisotopic (exact) mass is 288 g/mol. The number of rotatable bonds is 2. The van der Waals surface area contributed by atoms with Crippen LogP contribution in [-0.2, 0) is 14.8 Å². The summed E-state index contributed by atoms with van der Waals surface area (Å²) in [7, 11) is -3.66. The van der Waals surface area contributed by atoms with Crippen molar-refractivity contribution in [2.24, 2.45) is 0 Å². The lowest BCUT2D eigenvalue weighted by Crippen LogP contribution is -2.49. The first-order valence-corrected chi connectivity index (χ1v) is 7.26. The second-order valence-electron chi connectivity index (χ2n) is 4.05. The van der Waals surface area contributed by atoms with Crippen molar-refractivity contribution in [2.45, 2.75) is 11.8 Å². The van der Waals surface area contributed by atoms with Gasteiger partial charge in [0.2, 0.25) is 15.9 Å². The zero-order valence-electron chi connectivity index (χ0n) is 9.81. The van der Waals surface area contributed by atoms with Crippen molar-refractivity contribution in [3.05, 3.63) is 28.8 Å². The molecule has 0 radical (unpaired) electrons. The molecule has 0 saturated carbocycles. The zero-order chi connectivity index (χ0) is 13.3. The number of nitrogens with zero attached hydrogens (tertiary/aromatic N) is 1. The van der Waals surface area contributed by atoms with E-state index < -0.39 is 10.0 Å². The van der Waals surface area contributed by atoms with Crippen molar-refractivity contribution in [1.29, 1.82) is 0 Å². The van der Waals surface area contributed by atoms with Gasteiger partial charge < -0.3 is 5.32 Å². The fourth-order valence-electron chi connectivity index (χ4n) is 1.83. The molecule has 1 saturated heterocycles. The maximum atomic E-state index is 12.4. The van der Waals surface area contributed by atoms with Crippen LogP contribution in [0.1, 0.15) is 5.56 Å². The molecule has 5 nitrogen and oxygen atoms in total. The van der Waals surface area contributed by atoms with E-state index >= 15 is 0 Å². The third kappa shape index (κ3) is 2.36. The number of carbonyl (C=O) groups is 1. The van der Waals surface area contributed by atoms with Gasteiger partial charge in [0.15, 0.2) is 0 Å². The third-order valence-corrected chi connectivity index (χ3v) is 5.24. The Bertz CT molecular complexity index is 586. The van der Waals surface area contributed by atoms with Crippen molar-refractivity contribution in [1.82, 2.24) is 9.62 Å². The van der Waals surface area contributed by atoms with Gasteiger partial charge in [0.05, 0.1) is 11.4 Å². The normalized spacial score (nSPS) is 17.6. The van der Waals surface area contributed by atoms with Crippen LogP contribution in [0.15, 0.2) is 23.1 Å². The molecule has 1 aliphatic rings. The average Bonchev–Trinajstić information content (AvgIpc) is 2.32. The summed E-state index contributed by atoms with van der Waals surface area (Å²) in [5, 5.41) is 2.99. The minimum atomic E-state index is -3.66. The predicted octanol–water partition coefficient (Wildman–Crippen LogP) is 0.769. The van der Waals surface area contributed by atoms with Crippen LogP contribution in [0.4, 0.5) is 0 Å². The smallest absolute Gasteiger partial charge is 0.243 e. The van der Waals surface area contributed by atoms with Crippen LogP contribution in [-0.4, -0.2) is 38.3 Å². The van der Waals surface area contributed by atoms with E-state index in [-0.39, 0.29) is 23.9 Å². The summed E-state index contributed by atoms with van der Waals surface area (Å²) in [5.41, 5.74) is 0.505. The van der Waals surface area contributed by atoms with Crippen molar-refractivity contribution in [2.75, 3.05) is 19.6 Å². The van der Waals surface area contributed by atoms with E-state index in [0.29, 0.717) is 17.1 Å². The lowest BCUT2D eigenvalue weighted by molar-refractivity contribution is -0.122. The maximum absolute atomic E-state index is 12.4. The number of halogens is 1. The Kier molecular flexibility index (Phi) is 3.61. The lowest BCUT2D eigenvalue weighted by atomic mass is 10.2. The molecule has 1 aromatic carbocycles. The highest BCUT2D eigenvalue weighted by molar-refractivity contribution is 7.89. The molecule has 1 amide bonds. The molecule has 0 atom stereocenters. The second kappa shape index (κ2) is 4.87. The topological polar surface area (TPSA) is 66.5 Å². The van der Waals surface area contributed by atoms with Crippen molar-refractivity contribution in [3.63, 3.8) is 0 Å². The third-order valence-electron chi connectivity index (χ3n) is 2.84. The quantitative estimate of drug-likeness (QED) is 0.874. The second-order valence-corrected chi connectivity index (χ2v) is 6.37. The fourth-order valence-corrected chi connectivity index (χ4v) is 3.70. The van der Waals surface area contributed by atoms with Gasteiger partial charge in [-0.05, 0) is 24.6 Å². The van der Waals surface area contributed by atoms with Crippen LogP contribution in [0, 0.1) is 6.92 Å². The van der Waals surface area contributed by atoms with Gasteiger partial charge in [-0.25, -0.2) is 8.42 Å². The number of hydrogen-bond acceptors (Lipinski definition) is 3. The number of benzene rings is 1. The minimum absolute atomic E-state index is 0.145. The first-order valence-electron chi connectivity index (χ1n) is 5.45. The van der Waals surface area contributed by atoms with Gasteiger partial charge in [-0.1, -0.05) is 17.7 Å². The van der Waals surface area contributed by atoms with Gasteiger partial charge in [-0.15, -0.1) is 0 Å². The first kappa shape index (κ1) is 13.3. The summed E-state index contributed by atoms with van der Waals surface area (Å²) < 4.78 is 26.0. The van der Waals surface area contributed by atoms with Crippen LogP contribution >= 0.6 is 11.6 Å². The molecule has 0 aliphatic carbocycles. The van der Waals surface area contributed by atoms with Crippen molar-refractivity contribution < 1.29 is 13.2 Å². The molecule has 0 spiro atoms. The lowest BCUT2D eigenvalue weighted by Gasteiger charge is -2.26. The van der Waals surface area contributed by atoms with E-state index in [9.17, 15) is 13.2 Å². The Hall–Kier alpha value is -1.11. The van der Waals surface area contributed by atoms with Gasteiger partial charge in [0, 0.05) is 18.1 Å². The van der Waals surface area contributed by atoms with Gasteiger partial charge >= 0.3 is 0 Å². The summed E-state index contributed by atoms with van der Waals surface area (Å²) in [6, 6.07) is 4.73. The molecule has 2 rings (SSSR count). The number of sulfonamides is 1. The molecule has 1 aliphatic heterocycles. The van der Waals surface area contributed by atoms with Crippen molar-refractivity contribution >= 4 is 27.5 Å². The maximum Gasteiger partial charge on any atom is 0.243 e. The Morgan fingerprint density at radius 3 is 2.78 bits per heavy atom. The molecule has 0 unspecified atom stereocenters. The summed E-state index contributed by atoms with van der Waals surface area (Å²) in [6.45, 7) is 2.12. The highest BCUT2D eigenvalue weighted by Gasteiger charge is 2.30. The summed E-state index contributed by atoms with van der Waals surface area (Å²) in [5.74, 6) is -0.287. The Morgan fingerprint density at radius 2 is 2.11 bits per heavy atom. The number of amides is 1. The fraction of sp³-hybridized carbons (Fsp3) is 0.364. The minimum Gasteiger partial charge on any atom is -0.354 e. The van der Waals surface area contributed by atoms with E-state index in [1.165, 1.54) is 10.4 Å². The Labute approximate surface area is 111 Å². The van der Waals surface area contributed by atoms with E-state index in [1.54, 1.807) is 19.1 Å². The van der Waals surface area contributed by atoms with E-state index in [1.807, 2.05) is 0 Å². The standard InChI is InChI=1S/C11H13ClN2O3S/c1-8-9(12)3-2-4-10(8)18(16,17)14-6-5-13-11(15)7-14/h2-4H,5-7H2,1H3,(H,13,15). The van der Waals surface area contributed by atoms with Crippen LogP contribution in [0.25, 0.3) is 0 Å². The number of piperazine rings is 1. The van der Waals surface area contributed by atoms with Crippen LogP contribution in [0.2, 0.25) is 5.02 Å². The van der Waals surface area contributed by atoms with Gasteiger partial charge in [0.25, 0.3) is 0 Å². The van der Waals surface area contributed by atoms with Crippen molar-refractivity contribution in [3.8, 4) is 0 Å². The largest absolute Gasteiger partial charge is 0.354 e. The van der Waals surface area contributed by atoms with Crippen LogP contribution < -0.4 is 5.32 Å². The molecule has 0 bridgehead atoms. The molecule has 7 heteroatoms. The summed E-state index contributed by atoms with van der Waals surface area (Å²) in [4.78, 5) is 11.4. The van der Waals surface area contributed by atoms with E-state index in [0.717, 1.165) is 0 Å². The molecular formula is C11H13ClN2O3S. The molecule has 98 valence electrons. The van der Waals surface area contributed by atoms with E-state index in [4.69, 9.17) is 11.6 Å². The first-order chi connectivity index (χ1) is 8.43. The van der Waals surface area contributed by atoms with Crippen LogP contribution in [0.3, 0.4) is 0 Å². The number of carbonyl (C=O) groups excluding carboxylic acids is 1. The predicted molar refractivity (Wildman–Crippen MR) is 68.0 cm³/mol. The number of nitrogens with one attached hydrogen (secondary N) is 1. The highest BCUT2D eigenvalue weighted by Crippen LogP contribution is 2.25. The molecule has 18 heavy (non-hydrogen) atoms. The summed E-state index contributed by atoms with van der Waals surface area (Å²) in [6.07, 6.45) is 0. The van der Waals surface area contributed by atoms with Crippen LogP contribution in [0.5, 0.6) is 0 Å². The Balaban J connectivity index is 2.42. The molecule has 1 N–H and O–H groups in total. The highest BCUT2D eigenvalue weighted by atomic mass is 35.5. The molecule has 1 fully saturated rings. The zero-order valence-corrected chi connectivity index (χ0v) is 11.4. The van der Waals surface area contributed by atoms with Gasteiger partial charge in [-0.3, -0.25) is 4.79 Å². The van der Waals surface area contributed by atoms with E-state index in [2.05, 4.69) is 5.32 Å². The van der Waals surface area contributed by atoms with Gasteiger partial charge in [0.1, 0.15) is 0 Å². The summed E-state index contributed by atoms with van der Waals surface area (Å²) >= 11 is 5.93. The molecular weight excluding hydrogens is 276 g/mol. The Morgan fingerprint density at radius 1 is 1.39 bits per heavy atom. The SMILES string of the molecule is Cc1c(Cl)cccc1S(=O)(=O)N1CCNC(=O)C1. The molecule has 1 aromatic rings. The van der Waals surface area contributed by atoms with Gasteiger partial charge in [-0.2, -0.15) is 4.31 Å².